The second-order valence-electron chi connectivity index (χ2n) is 12.0. The number of fused-ring (bicyclic) bond motifs is 2. The molecule has 1 fully saturated rings. The predicted octanol–water partition coefficient (Wildman–Crippen LogP) is 8.25. The summed E-state index contributed by atoms with van der Waals surface area (Å²) in [5.41, 5.74) is 1.34. The van der Waals surface area contributed by atoms with Crippen LogP contribution in [-0.2, 0) is 0 Å². The lowest BCUT2D eigenvalue weighted by atomic mass is 10.1. The van der Waals surface area contributed by atoms with E-state index in [4.69, 9.17) is 25.8 Å². The van der Waals surface area contributed by atoms with Crippen molar-refractivity contribution in [2.45, 2.75) is 19.3 Å². The maximum Gasteiger partial charge on any atom is 0.261 e. The molecule has 0 spiro atoms. The van der Waals surface area contributed by atoms with Gasteiger partial charge in [0.1, 0.15) is 11.3 Å². The van der Waals surface area contributed by atoms with Crippen molar-refractivity contribution in [3.63, 3.8) is 0 Å². The highest BCUT2D eigenvalue weighted by Crippen LogP contribution is 2.38. The van der Waals surface area contributed by atoms with Gasteiger partial charge in [0, 0.05) is 47.5 Å². The molecule has 0 atom stereocenters. The number of hydrogen-bond donors (Lipinski definition) is 1. The number of halogens is 2. The first kappa shape index (κ1) is 33.1. The zero-order valence-corrected chi connectivity index (χ0v) is 28.1. The molecule has 0 saturated carbocycles. The van der Waals surface area contributed by atoms with Crippen molar-refractivity contribution in [1.29, 1.82) is 0 Å². The van der Waals surface area contributed by atoms with Crippen LogP contribution in [0.1, 0.15) is 29.6 Å². The average Bonchev–Trinajstić information content (AvgIpc) is 3.65. The van der Waals surface area contributed by atoms with Crippen molar-refractivity contribution < 1.29 is 23.4 Å². The fourth-order valence-electron chi connectivity index (χ4n) is 6.23. The van der Waals surface area contributed by atoms with E-state index in [1.54, 1.807) is 78.5 Å². The summed E-state index contributed by atoms with van der Waals surface area (Å²) in [5, 5.41) is 4.05. The van der Waals surface area contributed by atoms with Crippen LogP contribution in [0.2, 0.25) is 5.02 Å². The smallest absolute Gasteiger partial charge is 0.261 e. The van der Waals surface area contributed by atoms with E-state index in [1.165, 1.54) is 31.2 Å². The third kappa shape index (κ3) is 6.85. The number of carbonyl (C=O) groups is 1. The molecule has 4 aromatic carbocycles. The Morgan fingerprint density at radius 1 is 0.920 bits per heavy atom. The molecule has 1 aliphatic heterocycles. The van der Waals surface area contributed by atoms with Crippen LogP contribution in [0.25, 0.3) is 27.5 Å². The molecular formula is C39H34ClFN4O5. The number of likely N-dealkylation sites (tertiary alicyclic amines) is 1. The van der Waals surface area contributed by atoms with Gasteiger partial charge >= 0.3 is 0 Å². The Bertz CT molecular complexity index is 2270. The molecule has 7 rings (SSSR count). The molecule has 0 aliphatic carbocycles. The second kappa shape index (κ2) is 14.6. The fourth-order valence-corrected chi connectivity index (χ4v) is 6.46. The van der Waals surface area contributed by atoms with Gasteiger partial charge in [0.2, 0.25) is 5.43 Å². The third-order valence-corrected chi connectivity index (χ3v) is 9.06. The number of para-hydroxylation sites is 2. The van der Waals surface area contributed by atoms with E-state index in [2.05, 4.69) is 15.2 Å². The van der Waals surface area contributed by atoms with Crippen molar-refractivity contribution in [2.24, 2.45) is 0 Å². The van der Waals surface area contributed by atoms with Crippen molar-refractivity contribution in [1.82, 2.24) is 14.5 Å². The van der Waals surface area contributed by atoms with Gasteiger partial charge in [-0.15, -0.1) is 0 Å². The van der Waals surface area contributed by atoms with Crippen LogP contribution in [0.4, 0.5) is 10.1 Å². The number of amides is 1. The topological polar surface area (TPSA) is 94.9 Å². The van der Waals surface area contributed by atoms with Crippen LogP contribution in [0.5, 0.6) is 23.0 Å². The van der Waals surface area contributed by atoms with Crippen molar-refractivity contribution in [2.75, 3.05) is 38.7 Å². The first-order chi connectivity index (χ1) is 24.4. The van der Waals surface area contributed by atoms with Gasteiger partial charge in [0.05, 0.1) is 35.5 Å². The van der Waals surface area contributed by atoms with E-state index in [0.29, 0.717) is 56.4 Å². The largest absolute Gasteiger partial charge is 0.493 e. The van der Waals surface area contributed by atoms with Crippen molar-refractivity contribution in [3.8, 4) is 28.7 Å². The van der Waals surface area contributed by atoms with E-state index in [1.807, 2.05) is 6.07 Å². The maximum atomic E-state index is 15.5. The number of carbonyl (C=O) groups excluding carboxylic acids is 1. The lowest BCUT2D eigenvalue weighted by molar-refractivity contribution is 0.102. The lowest BCUT2D eigenvalue weighted by Gasteiger charge is -2.16. The molecule has 254 valence electrons. The number of nitrogens with zero attached hydrogens (tertiary/aromatic N) is 3. The van der Waals surface area contributed by atoms with Gasteiger partial charge in [-0.25, -0.2) is 4.39 Å². The Hall–Kier alpha value is -5.45. The van der Waals surface area contributed by atoms with Crippen LogP contribution >= 0.6 is 11.6 Å². The number of nitrogens with one attached hydrogen (secondary N) is 1. The molecule has 50 heavy (non-hydrogen) atoms. The Morgan fingerprint density at radius 3 is 2.52 bits per heavy atom. The third-order valence-electron chi connectivity index (χ3n) is 8.74. The molecule has 11 heteroatoms. The summed E-state index contributed by atoms with van der Waals surface area (Å²) < 4.78 is 34.9. The molecule has 1 saturated heterocycles. The van der Waals surface area contributed by atoms with Gasteiger partial charge in [-0.2, -0.15) is 0 Å². The van der Waals surface area contributed by atoms with Gasteiger partial charge in [-0.05, 0) is 80.9 Å². The van der Waals surface area contributed by atoms with Crippen LogP contribution < -0.4 is 25.0 Å². The van der Waals surface area contributed by atoms with E-state index in [-0.39, 0.29) is 17.0 Å². The molecule has 6 aromatic rings. The number of benzene rings is 4. The Balaban J connectivity index is 1.10. The number of pyridine rings is 2. The Morgan fingerprint density at radius 2 is 1.72 bits per heavy atom. The Labute approximate surface area is 292 Å². The number of hydrogen-bond acceptors (Lipinski definition) is 7. The van der Waals surface area contributed by atoms with Crippen molar-refractivity contribution >= 4 is 45.0 Å². The summed E-state index contributed by atoms with van der Waals surface area (Å²) >= 11 is 6.48. The quantitative estimate of drug-likeness (QED) is 0.137. The molecule has 0 bridgehead atoms. The number of anilines is 1. The minimum absolute atomic E-state index is 0.0662. The van der Waals surface area contributed by atoms with Crippen LogP contribution in [-0.4, -0.2) is 53.7 Å². The molecule has 2 aromatic heterocycles. The molecule has 1 aliphatic rings. The van der Waals surface area contributed by atoms with E-state index >= 15 is 4.39 Å². The molecule has 0 unspecified atom stereocenters. The molecule has 1 amide bonds. The molecule has 3 heterocycles. The molecule has 9 nitrogen and oxygen atoms in total. The van der Waals surface area contributed by atoms with E-state index < -0.39 is 17.2 Å². The van der Waals surface area contributed by atoms with Gasteiger partial charge < -0.3 is 29.0 Å². The summed E-state index contributed by atoms with van der Waals surface area (Å²) in [7, 11) is 1.56. The number of aromatic nitrogens is 2. The summed E-state index contributed by atoms with van der Waals surface area (Å²) in [5.74, 6) is -0.0374. The predicted molar refractivity (Wildman–Crippen MR) is 193 cm³/mol. The Kier molecular flexibility index (Phi) is 9.64. The van der Waals surface area contributed by atoms with Crippen LogP contribution in [0, 0.1) is 5.82 Å². The van der Waals surface area contributed by atoms with Gasteiger partial charge in [0.15, 0.2) is 23.1 Å². The monoisotopic (exact) mass is 692 g/mol. The summed E-state index contributed by atoms with van der Waals surface area (Å²) in [4.78, 5) is 33.8. The summed E-state index contributed by atoms with van der Waals surface area (Å²) in [6, 6.07) is 23.3. The van der Waals surface area contributed by atoms with Crippen LogP contribution in [0.3, 0.4) is 0 Å². The van der Waals surface area contributed by atoms with E-state index in [0.717, 1.165) is 32.1 Å². The first-order valence-electron chi connectivity index (χ1n) is 16.4. The SMILES string of the molecule is COc1cc2c(Oc3ccc(NC(=O)c4cn(-c5ccccc5Cl)c5ccccc5c4=O)cc3F)ccnc2cc1OCCCN1CCCC1. The number of ether oxygens (including phenoxy) is 3. The average molecular weight is 693 g/mol. The summed E-state index contributed by atoms with van der Waals surface area (Å²) in [6.07, 6.45) is 6.43. The van der Waals surface area contributed by atoms with E-state index in [9.17, 15) is 9.59 Å². The fraction of sp³-hybridized carbons (Fsp3) is 0.205. The first-order valence-corrected chi connectivity index (χ1v) is 16.8. The van der Waals surface area contributed by atoms with Crippen LogP contribution in [0.15, 0.2) is 102 Å². The number of methoxy groups -OCH3 is 1. The zero-order chi connectivity index (χ0) is 34.6. The highest BCUT2D eigenvalue weighted by atomic mass is 35.5. The van der Waals surface area contributed by atoms with Crippen molar-refractivity contribution in [3.05, 3.63) is 124 Å². The molecular weight excluding hydrogens is 659 g/mol. The highest BCUT2D eigenvalue weighted by molar-refractivity contribution is 6.32. The zero-order valence-electron chi connectivity index (χ0n) is 27.3. The lowest BCUT2D eigenvalue weighted by Crippen LogP contribution is -2.23. The highest BCUT2D eigenvalue weighted by Gasteiger charge is 2.19. The molecule has 1 N–H and O–H groups in total. The summed E-state index contributed by atoms with van der Waals surface area (Å²) in [6.45, 7) is 3.82. The number of rotatable bonds is 11. The van der Waals surface area contributed by atoms with Gasteiger partial charge in [-0.1, -0.05) is 35.9 Å². The second-order valence-corrected chi connectivity index (χ2v) is 12.4. The normalized spacial score (nSPS) is 13.1. The van der Waals surface area contributed by atoms with Gasteiger partial charge in [0.25, 0.3) is 5.91 Å². The molecule has 0 radical (unpaired) electrons. The maximum absolute atomic E-state index is 15.5. The minimum atomic E-state index is -0.718. The van der Waals surface area contributed by atoms with Gasteiger partial charge in [-0.3, -0.25) is 14.6 Å². The minimum Gasteiger partial charge on any atom is -0.493 e. The standard InChI is InChI=1S/C39H34ClFN4O5/c1-48-36-22-27-31(23-37(36)49-20-8-19-44-17-6-7-18-44)42-16-15-34(27)50-35-14-13-25(21-30(35)41)43-39(47)28-24-45(33-12-5-3-10-29(33)40)32-11-4-2-9-26(32)38(28)46/h2-5,9-16,21-24H,6-8,17-20H2,1H3,(H,43,47).